The molecule has 0 unspecified atom stereocenters. The molecule has 2 heterocycles. The lowest BCUT2D eigenvalue weighted by atomic mass is 10.1. The van der Waals surface area contributed by atoms with Gasteiger partial charge in [-0.15, -0.1) is 0 Å². The molecule has 0 saturated carbocycles. The van der Waals surface area contributed by atoms with Crippen molar-refractivity contribution >= 4 is 11.8 Å². The van der Waals surface area contributed by atoms with Gasteiger partial charge in [-0.2, -0.15) is 0 Å². The van der Waals surface area contributed by atoms with Gasteiger partial charge in [-0.3, -0.25) is 19.4 Å². The van der Waals surface area contributed by atoms with E-state index in [1.807, 2.05) is 6.92 Å². The van der Waals surface area contributed by atoms with E-state index in [-0.39, 0.29) is 17.9 Å². The summed E-state index contributed by atoms with van der Waals surface area (Å²) in [5, 5.41) is 0. The number of benzene rings is 1. The summed E-state index contributed by atoms with van der Waals surface area (Å²) in [5.41, 5.74) is 1.04. The maximum atomic E-state index is 12.3. The Balaban J connectivity index is 1.67. The van der Waals surface area contributed by atoms with Crippen molar-refractivity contribution in [2.75, 3.05) is 26.2 Å². The van der Waals surface area contributed by atoms with Gasteiger partial charge in [0.1, 0.15) is 0 Å². The molecule has 1 fully saturated rings. The van der Waals surface area contributed by atoms with Gasteiger partial charge < -0.3 is 4.74 Å². The van der Waals surface area contributed by atoms with Crippen molar-refractivity contribution < 1.29 is 14.3 Å². The Bertz CT molecular complexity index is 537. The molecule has 5 nitrogen and oxygen atoms in total. The number of ether oxygens (including phenoxy) is 1. The number of carbonyl (C=O) groups is 2. The Morgan fingerprint density at radius 1 is 1.10 bits per heavy atom. The number of rotatable bonds is 3. The Kier molecular flexibility index (Phi) is 3.78. The maximum absolute atomic E-state index is 12.3. The minimum absolute atomic E-state index is 0.176. The average molecular weight is 288 g/mol. The van der Waals surface area contributed by atoms with E-state index in [1.165, 1.54) is 4.90 Å². The lowest BCUT2D eigenvalue weighted by Crippen LogP contribution is -2.50. The van der Waals surface area contributed by atoms with Gasteiger partial charge in [0, 0.05) is 25.7 Å². The Morgan fingerprint density at radius 2 is 1.71 bits per heavy atom. The van der Waals surface area contributed by atoms with E-state index in [2.05, 4.69) is 11.8 Å². The van der Waals surface area contributed by atoms with Crippen LogP contribution in [-0.2, 0) is 4.74 Å². The minimum Gasteiger partial charge on any atom is -0.376 e. The van der Waals surface area contributed by atoms with Crippen LogP contribution in [0.4, 0.5) is 0 Å². The monoisotopic (exact) mass is 288 g/mol. The van der Waals surface area contributed by atoms with E-state index < -0.39 is 0 Å². The van der Waals surface area contributed by atoms with Crippen LogP contribution in [0.25, 0.3) is 0 Å². The van der Waals surface area contributed by atoms with Crippen molar-refractivity contribution in [3.05, 3.63) is 35.4 Å². The van der Waals surface area contributed by atoms with E-state index in [9.17, 15) is 9.59 Å². The molecule has 0 bridgehead atoms. The highest BCUT2D eigenvalue weighted by Gasteiger charge is 2.35. The zero-order chi connectivity index (χ0) is 15.0. The second-order valence-corrected chi connectivity index (χ2v) is 5.80. The van der Waals surface area contributed by atoms with Crippen LogP contribution in [0.3, 0.4) is 0 Å². The van der Waals surface area contributed by atoms with E-state index in [1.54, 1.807) is 24.3 Å². The molecule has 2 amide bonds. The van der Waals surface area contributed by atoms with E-state index in [0.717, 1.165) is 6.54 Å². The third-order valence-electron chi connectivity index (χ3n) is 4.23. The molecule has 21 heavy (non-hydrogen) atoms. The normalized spacial score (nSPS) is 26.3. The smallest absolute Gasteiger partial charge is 0.261 e. The molecule has 0 aliphatic carbocycles. The highest BCUT2D eigenvalue weighted by Crippen LogP contribution is 2.22. The van der Waals surface area contributed by atoms with Gasteiger partial charge in [0.05, 0.1) is 23.8 Å². The highest BCUT2D eigenvalue weighted by atomic mass is 16.5. The van der Waals surface area contributed by atoms with Crippen LogP contribution in [0.1, 0.15) is 34.6 Å². The second kappa shape index (κ2) is 5.58. The Labute approximate surface area is 124 Å². The van der Waals surface area contributed by atoms with Gasteiger partial charge in [-0.25, -0.2) is 0 Å². The maximum Gasteiger partial charge on any atom is 0.261 e. The summed E-state index contributed by atoms with van der Waals surface area (Å²) in [6.45, 7) is 6.81. The Morgan fingerprint density at radius 3 is 2.33 bits per heavy atom. The zero-order valence-electron chi connectivity index (χ0n) is 12.4. The summed E-state index contributed by atoms with van der Waals surface area (Å²) in [7, 11) is 0. The van der Waals surface area contributed by atoms with E-state index in [0.29, 0.717) is 36.9 Å². The molecule has 2 atom stereocenters. The molecule has 1 aromatic rings. The number of fused-ring (bicyclic) bond motifs is 1. The fraction of sp³-hybridized carbons (Fsp3) is 0.500. The topological polar surface area (TPSA) is 49.9 Å². The van der Waals surface area contributed by atoms with Gasteiger partial charge in [-0.1, -0.05) is 12.1 Å². The van der Waals surface area contributed by atoms with E-state index >= 15 is 0 Å². The van der Waals surface area contributed by atoms with Gasteiger partial charge in [0.25, 0.3) is 11.8 Å². The van der Waals surface area contributed by atoms with Crippen molar-refractivity contribution in [3.8, 4) is 0 Å². The molecule has 112 valence electrons. The first-order chi connectivity index (χ1) is 10.1. The van der Waals surface area contributed by atoms with Crippen LogP contribution in [-0.4, -0.2) is 60.0 Å². The predicted octanol–water partition coefficient (Wildman–Crippen LogP) is 1.39. The van der Waals surface area contributed by atoms with Gasteiger partial charge in [0.15, 0.2) is 0 Å². The summed E-state index contributed by atoms with van der Waals surface area (Å²) < 4.78 is 5.60. The average Bonchev–Trinajstić information content (AvgIpc) is 2.73. The first-order valence-electron chi connectivity index (χ1n) is 7.39. The molecule has 0 radical (unpaired) electrons. The molecule has 2 aliphatic rings. The van der Waals surface area contributed by atoms with Gasteiger partial charge >= 0.3 is 0 Å². The predicted molar refractivity (Wildman–Crippen MR) is 78.3 cm³/mol. The molecule has 2 aliphatic heterocycles. The fourth-order valence-corrected chi connectivity index (χ4v) is 2.95. The first-order valence-corrected chi connectivity index (χ1v) is 7.39. The summed E-state index contributed by atoms with van der Waals surface area (Å²) in [5.74, 6) is -0.353. The van der Waals surface area contributed by atoms with Crippen molar-refractivity contribution in [3.63, 3.8) is 0 Å². The molecular weight excluding hydrogens is 268 g/mol. The first kappa shape index (κ1) is 14.2. The molecular formula is C16H20N2O3. The van der Waals surface area contributed by atoms with Gasteiger partial charge in [0.2, 0.25) is 0 Å². The van der Waals surface area contributed by atoms with Crippen LogP contribution < -0.4 is 0 Å². The Hall–Kier alpha value is -1.72. The van der Waals surface area contributed by atoms with Crippen molar-refractivity contribution in [2.45, 2.75) is 26.0 Å². The third-order valence-corrected chi connectivity index (χ3v) is 4.23. The lowest BCUT2D eigenvalue weighted by Gasteiger charge is -2.37. The van der Waals surface area contributed by atoms with Crippen LogP contribution in [0, 0.1) is 0 Å². The third kappa shape index (κ3) is 2.59. The summed E-state index contributed by atoms with van der Waals surface area (Å²) >= 11 is 0. The number of hydrogen-bond donors (Lipinski definition) is 0. The van der Waals surface area contributed by atoms with E-state index in [4.69, 9.17) is 4.74 Å². The standard InChI is InChI=1S/C16H20N2O3/c1-11-10-21-12(2)9-17(11)7-8-18-15(19)13-5-3-4-6-14(13)16(18)20/h3-6,11-12H,7-10H2,1-2H3/t11-,12+/m1/s1. The fourth-order valence-electron chi connectivity index (χ4n) is 2.95. The minimum atomic E-state index is -0.176. The summed E-state index contributed by atoms with van der Waals surface area (Å²) in [6, 6.07) is 7.33. The van der Waals surface area contributed by atoms with Crippen LogP contribution in [0.2, 0.25) is 0 Å². The van der Waals surface area contributed by atoms with Crippen molar-refractivity contribution in [1.82, 2.24) is 9.80 Å². The molecule has 5 heteroatoms. The lowest BCUT2D eigenvalue weighted by molar-refractivity contribution is -0.0501. The number of hydrogen-bond acceptors (Lipinski definition) is 4. The zero-order valence-corrected chi connectivity index (χ0v) is 12.4. The molecule has 1 aromatic carbocycles. The molecule has 1 saturated heterocycles. The number of nitrogens with zero attached hydrogens (tertiary/aromatic N) is 2. The molecule has 0 aromatic heterocycles. The number of amides is 2. The summed E-state index contributed by atoms with van der Waals surface area (Å²) in [6.07, 6.45) is 0.198. The quantitative estimate of drug-likeness (QED) is 0.789. The number of imide groups is 1. The number of carbonyl (C=O) groups excluding carboxylic acids is 2. The molecule has 0 spiro atoms. The van der Waals surface area contributed by atoms with Crippen molar-refractivity contribution in [2.24, 2.45) is 0 Å². The molecule has 0 N–H and O–H groups in total. The largest absolute Gasteiger partial charge is 0.376 e. The number of morpholine rings is 1. The SMILES string of the molecule is C[C@@H]1CO[C@@H](C)CN1CCN1C(=O)c2ccccc2C1=O. The van der Waals surface area contributed by atoms with Gasteiger partial charge in [-0.05, 0) is 26.0 Å². The summed E-state index contributed by atoms with van der Waals surface area (Å²) in [4.78, 5) is 28.2. The second-order valence-electron chi connectivity index (χ2n) is 5.80. The molecule has 3 rings (SSSR count). The van der Waals surface area contributed by atoms with Crippen LogP contribution in [0.5, 0.6) is 0 Å². The van der Waals surface area contributed by atoms with Crippen LogP contribution in [0.15, 0.2) is 24.3 Å². The van der Waals surface area contributed by atoms with Crippen LogP contribution >= 0.6 is 0 Å². The van der Waals surface area contributed by atoms with Crippen molar-refractivity contribution in [1.29, 1.82) is 0 Å². The highest BCUT2D eigenvalue weighted by molar-refractivity contribution is 6.21.